The Bertz CT molecular complexity index is 552. The smallest absolute Gasteiger partial charge is 0.310 e. The van der Waals surface area contributed by atoms with Gasteiger partial charge in [-0.05, 0) is 36.8 Å². The van der Waals surface area contributed by atoms with Gasteiger partial charge in [-0.2, -0.15) is 0 Å². The molecule has 0 bridgehead atoms. The normalized spacial score (nSPS) is 16.8. The van der Waals surface area contributed by atoms with Crippen LogP contribution in [0.4, 0.5) is 5.69 Å². The Hall–Kier alpha value is -1.84. The monoisotopic (exact) mass is 317 g/mol. The SMILES string of the molecule is CCc1cccc(CC)c1NC(=O)CC1(C(=O)O)CCCCC1. The molecular formula is C19H27NO3. The molecule has 0 unspecified atom stereocenters. The molecule has 1 amide bonds. The van der Waals surface area contributed by atoms with E-state index in [-0.39, 0.29) is 12.3 Å². The summed E-state index contributed by atoms with van der Waals surface area (Å²) in [5, 5.41) is 12.6. The zero-order valence-corrected chi connectivity index (χ0v) is 14.2. The number of aliphatic carboxylic acids is 1. The second kappa shape index (κ2) is 7.62. The Morgan fingerprint density at radius 2 is 1.65 bits per heavy atom. The Balaban J connectivity index is 2.17. The van der Waals surface area contributed by atoms with Crippen LogP contribution in [-0.2, 0) is 22.4 Å². The van der Waals surface area contributed by atoms with E-state index in [1.807, 2.05) is 18.2 Å². The van der Waals surface area contributed by atoms with Crippen LogP contribution in [-0.4, -0.2) is 17.0 Å². The maximum absolute atomic E-state index is 12.6. The highest BCUT2D eigenvalue weighted by Gasteiger charge is 2.41. The minimum Gasteiger partial charge on any atom is -0.481 e. The largest absolute Gasteiger partial charge is 0.481 e. The van der Waals surface area contributed by atoms with Gasteiger partial charge in [0.25, 0.3) is 0 Å². The van der Waals surface area contributed by atoms with Crippen LogP contribution in [0.1, 0.15) is 63.5 Å². The Labute approximate surface area is 138 Å². The predicted molar refractivity (Wildman–Crippen MR) is 91.6 cm³/mol. The van der Waals surface area contributed by atoms with Gasteiger partial charge in [-0.1, -0.05) is 51.3 Å². The van der Waals surface area contributed by atoms with Crippen LogP contribution in [0.15, 0.2) is 18.2 Å². The Kier molecular flexibility index (Phi) is 5.80. The first-order valence-electron chi connectivity index (χ1n) is 8.66. The van der Waals surface area contributed by atoms with Gasteiger partial charge in [-0.25, -0.2) is 0 Å². The quantitative estimate of drug-likeness (QED) is 0.827. The highest BCUT2D eigenvalue weighted by Crippen LogP contribution is 2.40. The summed E-state index contributed by atoms with van der Waals surface area (Å²) < 4.78 is 0. The second-order valence-electron chi connectivity index (χ2n) is 6.53. The molecule has 0 atom stereocenters. The van der Waals surface area contributed by atoms with Crippen LogP contribution in [0.3, 0.4) is 0 Å². The summed E-state index contributed by atoms with van der Waals surface area (Å²) in [4.78, 5) is 24.3. The standard InChI is InChI=1S/C19H27NO3/c1-3-14-9-8-10-15(4-2)17(14)20-16(21)13-19(18(22)23)11-6-5-7-12-19/h8-10H,3-7,11-13H2,1-2H3,(H,20,21)(H,22,23). The number of nitrogens with one attached hydrogen (secondary N) is 1. The van der Waals surface area contributed by atoms with Gasteiger partial charge in [0, 0.05) is 12.1 Å². The van der Waals surface area contributed by atoms with Crippen LogP contribution in [0.25, 0.3) is 0 Å². The number of anilines is 1. The summed E-state index contributed by atoms with van der Waals surface area (Å²) in [6.07, 6.45) is 5.81. The zero-order chi connectivity index (χ0) is 16.9. The van der Waals surface area contributed by atoms with Gasteiger partial charge in [-0.3, -0.25) is 9.59 Å². The molecule has 2 rings (SSSR count). The number of carbonyl (C=O) groups is 2. The van der Waals surface area contributed by atoms with E-state index in [9.17, 15) is 14.7 Å². The fraction of sp³-hybridized carbons (Fsp3) is 0.579. The molecule has 4 nitrogen and oxygen atoms in total. The van der Waals surface area contributed by atoms with Crippen molar-refractivity contribution in [3.8, 4) is 0 Å². The molecule has 1 aromatic carbocycles. The van der Waals surface area contributed by atoms with E-state index in [2.05, 4.69) is 19.2 Å². The van der Waals surface area contributed by atoms with Gasteiger partial charge in [0.2, 0.25) is 5.91 Å². The van der Waals surface area contributed by atoms with Gasteiger partial charge in [-0.15, -0.1) is 0 Å². The van der Waals surface area contributed by atoms with Crippen molar-refractivity contribution in [3.63, 3.8) is 0 Å². The highest BCUT2D eigenvalue weighted by molar-refractivity contribution is 5.95. The van der Waals surface area contributed by atoms with E-state index in [1.165, 1.54) is 0 Å². The van der Waals surface area contributed by atoms with Gasteiger partial charge in [0.15, 0.2) is 0 Å². The lowest BCUT2D eigenvalue weighted by Crippen LogP contribution is -2.37. The number of benzene rings is 1. The summed E-state index contributed by atoms with van der Waals surface area (Å²) >= 11 is 0. The van der Waals surface area contributed by atoms with E-state index < -0.39 is 11.4 Å². The molecule has 2 N–H and O–H groups in total. The van der Waals surface area contributed by atoms with E-state index >= 15 is 0 Å². The fourth-order valence-electron chi connectivity index (χ4n) is 3.59. The molecule has 0 aromatic heterocycles. The van der Waals surface area contributed by atoms with E-state index in [0.717, 1.165) is 48.9 Å². The summed E-state index contributed by atoms with van der Waals surface area (Å²) in [6, 6.07) is 6.04. The molecule has 1 fully saturated rings. The maximum Gasteiger partial charge on any atom is 0.310 e. The Morgan fingerprint density at radius 3 is 2.13 bits per heavy atom. The molecule has 1 aliphatic carbocycles. The summed E-state index contributed by atoms with van der Waals surface area (Å²) in [6.45, 7) is 4.12. The molecule has 126 valence electrons. The second-order valence-corrected chi connectivity index (χ2v) is 6.53. The van der Waals surface area contributed by atoms with Gasteiger partial charge >= 0.3 is 5.97 Å². The third kappa shape index (κ3) is 3.92. The van der Waals surface area contributed by atoms with Crippen molar-refractivity contribution in [2.75, 3.05) is 5.32 Å². The van der Waals surface area contributed by atoms with Crippen LogP contribution in [0.2, 0.25) is 0 Å². The number of carbonyl (C=O) groups excluding carboxylic acids is 1. The van der Waals surface area contributed by atoms with E-state index in [4.69, 9.17) is 0 Å². The molecule has 1 aromatic rings. The summed E-state index contributed by atoms with van der Waals surface area (Å²) in [5.74, 6) is -1.00. The molecular weight excluding hydrogens is 290 g/mol. The number of hydrogen-bond acceptors (Lipinski definition) is 2. The number of hydrogen-bond donors (Lipinski definition) is 2. The van der Waals surface area contributed by atoms with Crippen molar-refractivity contribution in [2.24, 2.45) is 5.41 Å². The van der Waals surface area contributed by atoms with Crippen molar-refractivity contribution >= 4 is 17.6 Å². The minimum absolute atomic E-state index is 0.0730. The van der Waals surface area contributed by atoms with Crippen molar-refractivity contribution in [3.05, 3.63) is 29.3 Å². The average Bonchev–Trinajstić information content (AvgIpc) is 2.55. The third-order valence-electron chi connectivity index (χ3n) is 5.03. The van der Waals surface area contributed by atoms with Crippen LogP contribution in [0, 0.1) is 5.41 Å². The van der Waals surface area contributed by atoms with Gasteiger partial charge in [0.1, 0.15) is 0 Å². The number of para-hydroxylation sites is 1. The first kappa shape index (κ1) is 17.5. The van der Waals surface area contributed by atoms with Crippen molar-refractivity contribution in [2.45, 2.75) is 65.2 Å². The molecule has 4 heteroatoms. The van der Waals surface area contributed by atoms with Crippen LogP contribution >= 0.6 is 0 Å². The van der Waals surface area contributed by atoms with Crippen LogP contribution < -0.4 is 5.32 Å². The molecule has 1 aliphatic rings. The van der Waals surface area contributed by atoms with Crippen LogP contribution in [0.5, 0.6) is 0 Å². The molecule has 0 saturated heterocycles. The molecule has 0 spiro atoms. The topological polar surface area (TPSA) is 66.4 Å². The molecule has 0 radical (unpaired) electrons. The van der Waals surface area contributed by atoms with Crippen molar-refractivity contribution in [1.29, 1.82) is 0 Å². The van der Waals surface area contributed by atoms with Gasteiger partial charge < -0.3 is 10.4 Å². The maximum atomic E-state index is 12.6. The molecule has 0 heterocycles. The number of rotatable bonds is 6. The van der Waals surface area contributed by atoms with E-state index in [1.54, 1.807) is 0 Å². The summed E-state index contributed by atoms with van der Waals surface area (Å²) in [7, 11) is 0. The lowest BCUT2D eigenvalue weighted by Gasteiger charge is -2.32. The minimum atomic E-state index is -0.879. The Morgan fingerprint density at radius 1 is 1.09 bits per heavy atom. The van der Waals surface area contributed by atoms with E-state index in [0.29, 0.717) is 12.8 Å². The highest BCUT2D eigenvalue weighted by atomic mass is 16.4. The predicted octanol–water partition coefficient (Wildman–Crippen LogP) is 4.18. The lowest BCUT2D eigenvalue weighted by atomic mass is 9.71. The number of amides is 1. The van der Waals surface area contributed by atoms with Gasteiger partial charge in [0.05, 0.1) is 5.41 Å². The first-order valence-corrected chi connectivity index (χ1v) is 8.66. The molecule has 1 saturated carbocycles. The average molecular weight is 317 g/mol. The zero-order valence-electron chi connectivity index (χ0n) is 14.2. The first-order chi connectivity index (χ1) is 11.0. The number of carboxylic acid groups (broad SMARTS) is 1. The fourth-order valence-corrected chi connectivity index (χ4v) is 3.59. The lowest BCUT2D eigenvalue weighted by molar-refractivity contribution is -0.153. The van der Waals surface area contributed by atoms with Crippen molar-refractivity contribution < 1.29 is 14.7 Å². The molecule has 23 heavy (non-hydrogen) atoms. The molecule has 0 aliphatic heterocycles. The number of carboxylic acids is 1. The summed E-state index contributed by atoms with van der Waals surface area (Å²) in [5.41, 5.74) is 2.20. The van der Waals surface area contributed by atoms with Crippen molar-refractivity contribution in [1.82, 2.24) is 0 Å². The third-order valence-corrected chi connectivity index (χ3v) is 5.03. The number of aryl methyl sites for hydroxylation is 2.